The van der Waals surface area contributed by atoms with Crippen LogP contribution in [0, 0.1) is 0 Å². The quantitative estimate of drug-likeness (QED) is 0.526. The van der Waals surface area contributed by atoms with Crippen LogP contribution in [-0.4, -0.2) is 21.5 Å². The summed E-state index contributed by atoms with van der Waals surface area (Å²) in [6, 6.07) is 7.72. The maximum absolute atomic E-state index is 5.43. The maximum Gasteiger partial charge on any atom is 0.145 e. The molecule has 0 aliphatic carbocycles. The van der Waals surface area contributed by atoms with Crippen molar-refractivity contribution in [3.63, 3.8) is 0 Å². The summed E-state index contributed by atoms with van der Waals surface area (Å²) in [5.41, 5.74) is 3.63. The molecule has 6 heteroatoms. The van der Waals surface area contributed by atoms with Crippen LogP contribution in [0.1, 0.15) is 24.9 Å². The van der Waals surface area contributed by atoms with E-state index in [1.54, 1.807) is 12.3 Å². The lowest BCUT2D eigenvalue weighted by Crippen LogP contribution is -2.13. The number of nitrogens with two attached hydrogens (primary N) is 1. The van der Waals surface area contributed by atoms with Gasteiger partial charge in [-0.3, -0.25) is 4.98 Å². The molecule has 2 rings (SSSR count). The van der Waals surface area contributed by atoms with Crippen molar-refractivity contribution in [2.24, 2.45) is 5.84 Å². The highest BCUT2D eigenvalue weighted by Gasteiger charge is 2.03. The molecule has 20 heavy (non-hydrogen) atoms. The number of hydrazine groups is 1. The lowest BCUT2D eigenvalue weighted by atomic mass is 10.2. The Morgan fingerprint density at radius 1 is 1.15 bits per heavy atom. The van der Waals surface area contributed by atoms with E-state index in [2.05, 4.69) is 32.6 Å². The number of rotatable bonds is 7. The fourth-order valence-corrected chi connectivity index (χ4v) is 1.86. The van der Waals surface area contributed by atoms with Crippen molar-refractivity contribution in [1.82, 2.24) is 15.0 Å². The molecular weight excluding hydrogens is 252 g/mol. The lowest BCUT2D eigenvalue weighted by molar-refractivity contribution is 0.832. The predicted octanol–water partition coefficient (Wildman–Crippen LogP) is 1.76. The maximum atomic E-state index is 5.43. The normalized spacial score (nSPS) is 10.3. The monoisotopic (exact) mass is 272 g/mol. The zero-order valence-electron chi connectivity index (χ0n) is 11.6. The van der Waals surface area contributed by atoms with E-state index in [1.165, 1.54) is 0 Å². The Bertz CT molecular complexity index is 528. The van der Waals surface area contributed by atoms with Crippen LogP contribution in [0.25, 0.3) is 0 Å². The van der Waals surface area contributed by atoms with E-state index in [9.17, 15) is 0 Å². The van der Waals surface area contributed by atoms with Crippen LogP contribution in [0.2, 0.25) is 0 Å². The van der Waals surface area contributed by atoms with Gasteiger partial charge in [0.25, 0.3) is 0 Å². The van der Waals surface area contributed by atoms with E-state index in [0.717, 1.165) is 43.1 Å². The molecule has 0 fully saturated rings. The summed E-state index contributed by atoms with van der Waals surface area (Å²) in [6.07, 6.45) is 4.49. The number of aryl methyl sites for hydroxylation is 1. The first-order chi connectivity index (χ1) is 9.81. The summed E-state index contributed by atoms with van der Waals surface area (Å²) in [7, 11) is 0. The van der Waals surface area contributed by atoms with E-state index in [-0.39, 0.29) is 0 Å². The van der Waals surface area contributed by atoms with Crippen molar-refractivity contribution < 1.29 is 0 Å². The number of anilines is 2. The van der Waals surface area contributed by atoms with Gasteiger partial charge in [0.05, 0.1) is 0 Å². The Morgan fingerprint density at radius 3 is 2.70 bits per heavy atom. The van der Waals surface area contributed by atoms with Gasteiger partial charge in [-0.15, -0.1) is 0 Å². The SMILES string of the molecule is CCCc1nc(NN)cc(NCCc2ccccn2)n1. The van der Waals surface area contributed by atoms with Crippen molar-refractivity contribution in [2.45, 2.75) is 26.2 Å². The standard InChI is InChI=1S/C14H20N6/c1-2-5-12-18-13(10-14(19-12)20-15)17-9-7-11-6-3-4-8-16-11/h3-4,6,8,10H,2,5,7,9,15H2,1H3,(H2,17,18,19,20). The molecule has 0 aromatic carbocycles. The zero-order chi connectivity index (χ0) is 14.2. The number of hydrogen-bond acceptors (Lipinski definition) is 6. The Balaban J connectivity index is 1.96. The summed E-state index contributed by atoms with van der Waals surface area (Å²) in [5, 5.41) is 3.28. The number of nitrogens with one attached hydrogen (secondary N) is 2. The van der Waals surface area contributed by atoms with Gasteiger partial charge < -0.3 is 10.7 Å². The molecule has 0 atom stereocenters. The van der Waals surface area contributed by atoms with Crippen molar-refractivity contribution in [3.8, 4) is 0 Å². The van der Waals surface area contributed by atoms with Crippen LogP contribution in [0.5, 0.6) is 0 Å². The van der Waals surface area contributed by atoms with Gasteiger partial charge >= 0.3 is 0 Å². The first-order valence-corrected chi connectivity index (χ1v) is 6.80. The molecule has 0 spiro atoms. The topological polar surface area (TPSA) is 88.8 Å². The van der Waals surface area contributed by atoms with E-state index in [1.807, 2.05) is 18.2 Å². The molecular formula is C14H20N6. The van der Waals surface area contributed by atoms with E-state index in [4.69, 9.17) is 5.84 Å². The Kier molecular flexibility index (Phi) is 5.25. The molecule has 106 valence electrons. The first-order valence-electron chi connectivity index (χ1n) is 6.80. The number of aromatic nitrogens is 3. The smallest absolute Gasteiger partial charge is 0.145 e. The molecule has 2 heterocycles. The number of hydrogen-bond donors (Lipinski definition) is 3. The largest absolute Gasteiger partial charge is 0.370 e. The second kappa shape index (κ2) is 7.40. The molecule has 0 aliphatic heterocycles. The molecule has 0 radical (unpaired) electrons. The third-order valence-corrected chi connectivity index (χ3v) is 2.81. The van der Waals surface area contributed by atoms with E-state index in [0.29, 0.717) is 5.82 Å². The Hall–Kier alpha value is -2.21. The summed E-state index contributed by atoms with van der Waals surface area (Å²) in [5.74, 6) is 7.63. The minimum atomic E-state index is 0.629. The first kappa shape index (κ1) is 14.2. The molecule has 0 amide bonds. The van der Waals surface area contributed by atoms with Crippen molar-refractivity contribution in [1.29, 1.82) is 0 Å². The van der Waals surface area contributed by atoms with Gasteiger partial charge in [-0.1, -0.05) is 13.0 Å². The minimum absolute atomic E-state index is 0.629. The summed E-state index contributed by atoms with van der Waals surface area (Å²) in [4.78, 5) is 13.1. The van der Waals surface area contributed by atoms with Crippen molar-refractivity contribution in [3.05, 3.63) is 42.0 Å². The Labute approximate surface area is 118 Å². The Morgan fingerprint density at radius 2 is 2.00 bits per heavy atom. The molecule has 0 aliphatic rings. The van der Waals surface area contributed by atoms with Gasteiger partial charge in [0.15, 0.2) is 0 Å². The fraction of sp³-hybridized carbons (Fsp3) is 0.357. The predicted molar refractivity (Wildman–Crippen MR) is 80.3 cm³/mol. The van der Waals surface area contributed by atoms with Gasteiger partial charge in [-0.2, -0.15) is 0 Å². The van der Waals surface area contributed by atoms with Gasteiger partial charge in [-0.25, -0.2) is 15.8 Å². The average molecular weight is 272 g/mol. The molecule has 0 unspecified atom stereocenters. The highest BCUT2D eigenvalue weighted by atomic mass is 15.3. The third kappa shape index (κ3) is 4.17. The van der Waals surface area contributed by atoms with Crippen LogP contribution in [-0.2, 0) is 12.8 Å². The molecule has 4 N–H and O–H groups in total. The summed E-state index contributed by atoms with van der Waals surface area (Å²) in [6.45, 7) is 2.86. The van der Waals surface area contributed by atoms with Crippen molar-refractivity contribution in [2.75, 3.05) is 17.3 Å². The summed E-state index contributed by atoms with van der Waals surface area (Å²) < 4.78 is 0. The molecule has 6 nitrogen and oxygen atoms in total. The van der Waals surface area contributed by atoms with Crippen LogP contribution in [0.3, 0.4) is 0 Å². The van der Waals surface area contributed by atoms with Crippen LogP contribution in [0.15, 0.2) is 30.5 Å². The molecule has 2 aromatic rings. The van der Waals surface area contributed by atoms with Gasteiger partial charge in [-0.05, 0) is 18.6 Å². The average Bonchev–Trinajstić information content (AvgIpc) is 2.48. The second-order valence-corrected chi connectivity index (χ2v) is 4.45. The van der Waals surface area contributed by atoms with Crippen LogP contribution >= 0.6 is 0 Å². The molecule has 0 saturated carbocycles. The van der Waals surface area contributed by atoms with Crippen LogP contribution < -0.4 is 16.6 Å². The van der Waals surface area contributed by atoms with Gasteiger partial charge in [0, 0.05) is 37.3 Å². The lowest BCUT2D eigenvalue weighted by Gasteiger charge is -2.09. The van der Waals surface area contributed by atoms with Gasteiger partial charge in [0.1, 0.15) is 17.5 Å². The fourth-order valence-electron chi connectivity index (χ4n) is 1.86. The van der Waals surface area contributed by atoms with Crippen molar-refractivity contribution >= 4 is 11.6 Å². The molecule has 2 aromatic heterocycles. The minimum Gasteiger partial charge on any atom is -0.370 e. The highest BCUT2D eigenvalue weighted by Crippen LogP contribution is 2.11. The molecule has 0 bridgehead atoms. The number of nitrogen functional groups attached to an aromatic ring is 1. The molecule has 0 saturated heterocycles. The van der Waals surface area contributed by atoms with Gasteiger partial charge in [0.2, 0.25) is 0 Å². The number of pyridine rings is 1. The highest BCUT2D eigenvalue weighted by molar-refractivity contribution is 5.46. The second-order valence-electron chi connectivity index (χ2n) is 4.45. The third-order valence-electron chi connectivity index (χ3n) is 2.81. The van der Waals surface area contributed by atoms with E-state index < -0.39 is 0 Å². The van der Waals surface area contributed by atoms with E-state index >= 15 is 0 Å². The zero-order valence-corrected chi connectivity index (χ0v) is 11.6. The van der Waals surface area contributed by atoms with Crippen LogP contribution in [0.4, 0.5) is 11.6 Å². The summed E-state index contributed by atoms with van der Waals surface area (Å²) >= 11 is 0. The number of nitrogens with zero attached hydrogens (tertiary/aromatic N) is 3.